The highest BCUT2D eigenvalue weighted by Gasteiger charge is 2.44. The molecule has 0 amide bonds. The molecule has 2 rings (SSSR count). The van der Waals surface area contributed by atoms with Gasteiger partial charge >= 0.3 is 6.18 Å². The fraction of sp³-hybridized carbons (Fsp3) is 0.688. The van der Waals surface area contributed by atoms with Crippen LogP contribution >= 0.6 is 0 Å². The van der Waals surface area contributed by atoms with E-state index in [1.165, 1.54) is 12.4 Å². The summed E-state index contributed by atoms with van der Waals surface area (Å²) < 4.78 is 39.6. The summed E-state index contributed by atoms with van der Waals surface area (Å²) in [5.74, 6) is 0.417. The largest absolute Gasteiger partial charge is 0.416 e. The molecule has 1 aromatic heterocycles. The van der Waals surface area contributed by atoms with Gasteiger partial charge in [0.1, 0.15) is 0 Å². The Morgan fingerprint density at radius 3 is 2.43 bits per heavy atom. The van der Waals surface area contributed by atoms with Gasteiger partial charge in [-0.25, -0.2) is 0 Å². The molecule has 5 heteroatoms. The summed E-state index contributed by atoms with van der Waals surface area (Å²) in [5.41, 5.74) is 5.62. The molecular formula is C16H23F3N2. The molecule has 1 aliphatic carbocycles. The molecule has 1 aromatic rings. The van der Waals surface area contributed by atoms with Crippen molar-refractivity contribution < 1.29 is 13.2 Å². The fourth-order valence-electron chi connectivity index (χ4n) is 3.78. The Labute approximate surface area is 123 Å². The van der Waals surface area contributed by atoms with E-state index in [2.05, 4.69) is 18.8 Å². The average molecular weight is 300 g/mol. The van der Waals surface area contributed by atoms with Gasteiger partial charge in [0.05, 0.1) is 5.56 Å². The number of nitrogens with zero attached hydrogens (tertiary/aromatic N) is 1. The summed E-state index contributed by atoms with van der Waals surface area (Å²) in [5, 5.41) is 0. The molecule has 21 heavy (non-hydrogen) atoms. The van der Waals surface area contributed by atoms with E-state index >= 15 is 0 Å². The maximum atomic E-state index is 13.2. The molecule has 2 nitrogen and oxygen atoms in total. The summed E-state index contributed by atoms with van der Waals surface area (Å²) in [6.45, 7) is 4.20. The van der Waals surface area contributed by atoms with Crippen molar-refractivity contribution in [2.24, 2.45) is 17.1 Å². The molecule has 0 saturated heterocycles. The van der Waals surface area contributed by atoms with Gasteiger partial charge in [0, 0.05) is 18.4 Å². The maximum absolute atomic E-state index is 13.2. The summed E-state index contributed by atoms with van der Waals surface area (Å²) in [7, 11) is 0. The Bertz CT molecular complexity index is 477. The van der Waals surface area contributed by atoms with E-state index in [1.54, 1.807) is 0 Å². The smallest absolute Gasteiger partial charge is 0.323 e. The average Bonchev–Trinajstić information content (AvgIpc) is 2.85. The highest BCUT2D eigenvalue weighted by Crippen LogP contribution is 2.52. The first kappa shape index (κ1) is 16.3. The maximum Gasteiger partial charge on any atom is 0.416 e. The normalized spacial score (nSPS) is 20.0. The highest BCUT2D eigenvalue weighted by molar-refractivity contribution is 5.31. The van der Waals surface area contributed by atoms with Gasteiger partial charge in [0.2, 0.25) is 0 Å². The Kier molecular flexibility index (Phi) is 4.61. The molecule has 0 bridgehead atoms. The first-order valence-electron chi connectivity index (χ1n) is 7.53. The lowest BCUT2D eigenvalue weighted by molar-refractivity contribution is -0.138. The number of rotatable bonds is 4. The van der Waals surface area contributed by atoms with Gasteiger partial charge in [-0.05, 0) is 42.2 Å². The third kappa shape index (κ3) is 3.39. The molecule has 2 N–H and O–H groups in total. The molecule has 1 saturated carbocycles. The zero-order valence-electron chi connectivity index (χ0n) is 12.6. The van der Waals surface area contributed by atoms with Gasteiger partial charge in [-0.2, -0.15) is 13.2 Å². The Hall–Kier alpha value is -1.10. The SMILES string of the molecule is CC(C)CC1(C(N)c2cnccc2C(F)(F)F)CCCC1. The predicted molar refractivity (Wildman–Crippen MR) is 76.5 cm³/mol. The first-order valence-corrected chi connectivity index (χ1v) is 7.53. The lowest BCUT2D eigenvalue weighted by atomic mass is 9.70. The molecule has 1 unspecified atom stereocenters. The first-order chi connectivity index (χ1) is 9.76. The Morgan fingerprint density at radius 2 is 1.90 bits per heavy atom. The van der Waals surface area contributed by atoms with E-state index in [-0.39, 0.29) is 11.0 Å². The van der Waals surface area contributed by atoms with E-state index in [9.17, 15) is 13.2 Å². The number of halogens is 3. The quantitative estimate of drug-likeness (QED) is 0.874. The summed E-state index contributed by atoms with van der Waals surface area (Å²) in [4.78, 5) is 3.88. The third-order valence-corrected chi connectivity index (χ3v) is 4.57. The lowest BCUT2D eigenvalue weighted by Gasteiger charge is -2.38. The molecule has 1 fully saturated rings. The van der Waals surface area contributed by atoms with Gasteiger partial charge < -0.3 is 5.73 Å². The minimum Gasteiger partial charge on any atom is -0.323 e. The van der Waals surface area contributed by atoms with E-state index in [0.717, 1.165) is 38.2 Å². The van der Waals surface area contributed by atoms with Crippen LogP contribution in [0.5, 0.6) is 0 Å². The molecule has 0 radical (unpaired) electrons. The second-order valence-corrected chi connectivity index (χ2v) is 6.61. The van der Waals surface area contributed by atoms with Crippen LogP contribution in [0.3, 0.4) is 0 Å². The van der Waals surface area contributed by atoms with Crippen LogP contribution in [-0.2, 0) is 6.18 Å². The van der Waals surface area contributed by atoms with Crippen LogP contribution in [0.1, 0.15) is 63.1 Å². The van der Waals surface area contributed by atoms with Crippen molar-refractivity contribution >= 4 is 0 Å². The molecule has 118 valence electrons. The van der Waals surface area contributed by atoms with Crippen LogP contribution in [0.2, 0.25) is 0 Å². The van der Waals surface area contributed by atoms with E-state index < -0.39 is 17.8 Å². The fourth-order valence-corrected chi connectivity index (χ4v) is 3.78. The number of hydrogen-bond donors (Lipinski definition) is 1. The zero-order chi connectivity index (χ0) is 15.7. The lowest BCUT2D eigenvalue weighted by Crippen LogP contribution is -2.35. The van der Waals surface area contributed by atoms with Crippen LogP contribution in [0.4, 0.5) is 13.2 Å². The van der Waals surface area contributed by atoms with Crippen LogP contribution in [0, 0.1) is 11.3 Å². The molecule has 0 spiro atoms. The van der Waals surface area contributed by atoms with Crippen LogP contribution < -0.4 is 5.73 Å². The van der Waals surface area contributed by atoms with E-state index in [0.29, 0.717) is 5.92 Å². The van der Waals surface area contributed by atoms with Crippen molar-refractivity contribution in [2.75, 3.05) is 0 Å². The molecule has 1 atom stereocenters. The summed E-state index contributed by atoms with van der Waals surface area (Å²) in [6, 6.07) is 0.431. The van der Waals surface area contributed by atoms with Gasteiger partial charge in [-0.15, -0.1) is 0 Å². The minimum atomic E-state index is -4.38. The number of hydrogen-bond acceptors (Lipinski definition) is 2. The third-order valence-electron chi connectivity index (χ3n) is 4.57. The zero-order valence-corrected chi connectivity index (χ0v) is 12.6. The highest BCUT2D eigenvalue weighted by atomic mass is 19.4. The number of aromatic nitrogens is 1. The Balaban J connectivity index is 2.40. The van der Waals surface area contributed by atoms with Crippen LogP contribution in [0.25, 0.3) is 0 Å². The van der Waals surface area contributed by atoms with Crippen molar-refractivity contribution in [3.63, 3.8) is 0 Å². The van der Waals surface area contributed by atoms with Crippen LogP contribution in [0.15, 0.2) is 18.5 Å². The molecule has 0 aliphatic heterocycles. The van der Waals surface area contributed by atoms with Gasteiger partial charge in [0.25, 0.3) is 0 Å². The Morgan fingerprint density at radius 1 is 1.29 bits per heavy atom. The van der Waals surface area contributed by atoms with E-state index in [1.807, 2.05) is 0 Å². The predicted octanol–water partition coefficient (Wildman–Crippen LogP) is 4.71. The topological polar surface area (TPSA) is 38.9 Å². The van der Waals surface area contributed by atoms with Crippen molar-refractivity contribution in [3.05, 3.63) is 29.6 Å². The van der Waals surface area contributed by atoms with Gasteiger partial charge in [0.15, 0.2) is 0 Å². The standard InChI is InChI=1S/C16H23F3N2/c1-11(2)9-15(6-3-4-7-15)14(20)12-10-21-8-5-13(12)16(17,18)19/h5,8,10-11,14H,3-4,6-7,9,20H2,1-2H3. The molecule has 1 aliphatic rings. The number of alkyl halides is 3. The minimum absolute atomic E-state index is 0.146. The summed E-state index contributed by atoms with van der Waals surface area (Å²) in [6.07, 6.45) is 2.85. The van der Waals surface area contributed by atoms with Gasteiger partial charge in [-0.3, -0.25) is 4.98 Å². The summed E-state index contributed by atoms with van der Waals surface area (Å²) >= 11 is 0. The number of nitrogens with two attached hydrogens (primary N) is 1. The van der Waals surface area contributed by atoms with Crippen LogP contribution in [-0.4, -0.2) is 4.98 Å². The van der Waals surface area contributed by atoms with Crippen molar-refractivity contribution in [1.29, 1.82) is 0 Å². The van der Waals surface area contributed by atoms with Crippen molar-refractivity contribution in [2.45, 2.75) is 58.2 Å². The second-order valence-electron chi connectivity index (χ2n) is 6.61. The van der Waals surface area contributed by atoms with Crippen molar-refractivity contribution in [1.82, 2.24) is 4.98 Å². The van der Waals surface area contributed by atoms with Crippen molar-refractivity contribution in [3.8, 4) is 0 Å². The van der Waals surface area contributed by atoms with Gasteiger partial charge in [-0.1, -0.05) is 26.7 Å². The second kappa shape index (κ2) is 5.95. The monoisotopic (exact) mass is 300 g/mol. The molecule has 0 aromatic carbocycles. The van der Waals surface area contributed by atoms with E-state index in [4.69, 9.17) is 5.73 Å². The molecular weight excluding hydrogens is 277 g/mol. The molecule has 1 heterocycles. The number of pyridine rings is 1.